The maximum Gasteiger partial charge on any atom is 0.265 e. The summed E-state index contributed by atoms with van der Waals surface area (Å²) in [5.74, 6) is 0.829. The van der Waals surface area contributed by atoms with Gasteiger partial charge >= 0.3 is 0 Å². The van der Waals surface area contributed by atoms with Gasteiger partial charge in [0.1, 0.15) is 11.4 Å². The molecule has 1 unspecified atom stereocenters. The van der Waals surface area contributed by atoms with Crippen LogP contribution in [0.15, 0.2) is 41.3 Å². The summed E-state index contributed by atoms with van der Waals surface area (Å²) < 4.78 is 27.6. The van der Waals surface area contributed by atoms with Crippen molar-refractivity contribution in [2.75, 3.05) is 12.8 Å². The van der Waals surface area contributed by atoms with Gasteiger partial charge in [-0.15, -0.1) is 12.4 Å². The van der Waals surface area contributed by atoms with Gasteiger partial charge in [-0.1, -0.05) is 12.2 Å². The van der Waals surface area contributed by atoms with Crippen molar-refractivity contribution in [2.24, 2.45) is 4.99 Å². The minimum Gasteiger partial charge on any atom is -0.330 e. The molecule has 1 aliphatic carbocycles. The van der Waals surface area contributed by atoms with Crippen LogP contribution in [0.2, 0.25) is 0 Å². The average Bonchev–Trinajstić information content (AvgIpc) is 2.89. The van der Waals surface area contributed by atoms with E-state index in [4.69, 9.17) is 4.18 Å². The highest BCUT2D eigenvalue weighted by molar-refractivity contribution is 7.86. The van der Waals surface area contributed by atoms with Crippen LogP contribution in [0.25, 0.3) is 0 Å². The Kier molecular flexibility index (Phi) is 3.12. The summed E-state index contributed by atoms with van der Waals surface area (Å²) in [6.45, 7) is 0.503. The van der Waals surface area contributed by atoms with Crippen LogP contribution in [0.5, 0.6) is 0 Å². The maximum absolute atomic E-state index is 11.2. The molecule has 0 amide bonds. The molecule has 1 fully saturated rings. The van der Waals surface area contributed by atoms with Gasteiger partial charge in [0.2, 0.25) is 0 Å². The quantitative estimate of drug-likeness (QED) is 0.717. The van der Waals surface area contributed by atoms with E-state index >= 15 is 0 Å². The normalized spacial score (nSPS) is 28.4. The summed E-state index contributed by atoms with van der Waals surface area (Å²) in [4.78, 5) is 6.31. The molecule has 0 aromatic rings. The highest BCUT2D eigenvalue weighted by Gasteiger charge is 2.58. The van der Waals surface area contributed by atoms with Crippen LogP contribution < -0.4 is 0 Å². The van der Waals surface area contributed by atoms with Crippen LogP contribution in [0.3, 0.4) is 0 Å². The topological polar surface area (TPSA) is 59.0 Å². The van der Waals surface area contributed by atoms with Gasteiger partial charge in [-0.3, -0.25) is 4.18 Å². The summed E-state index contributed by atoms with van der Waals surface area (Å²) in [6, 6.07) is 0. The van der Waals surface area contributed by atoms with Gasteiger partial charge in [-0.05, 0) is 12.2 Å². The lowest BCUT2D eigenvalue weighted by Gasteiger charge is -2.27. The summed E-state index contributed by atoms with van der Waals surface area (Å²) in [7, 11) is -3.45. The standard InChI is InChI=1S/C11H12N2O3S.ClH/c1-17(14,15)16-11-7-9(11)12-10-5-3-2-4-6-13(10)8-11;/h2-6H,7-8H2,1H3;1H. The van der Waals surface area contributed by atoms with Gasteiger partial charge in [-0.2, -0.15) is 8.42 Å². The lowest BCUT2D eigenvalue weighted by atomic mass is 10.3. The Bertz CT molecular complexity index is 591. The molecule has 2 heterocycles. The van der Waals surface area contributed by atoms with Gasteiger partial charge < -0.3 is 4.90 Å². The summed E-state index contributed by atoms with van der Waals surface area (Å²) >= 11 is 0. The molecule has 0 bridgehead atoms. The van der Waals surface area contributed by atoms with Crippen LogP contribution in [0.1, 0.15) is 6.42 Å². The molecule has 3 rings (SSSR count). The minimum atomic E-state index is -3.45. The van der Waals surface area contributed by atoms with Crippen molar-refractivity contribution in [3.8, 4) is 0 Å². The number of nitrogens with zero attached hydrogens (tertiary/aromatic N) is 2. The molecule has 0 radical (unpaired) electrons. The molecule has 0 saturated heterocycles. The Morgan fingerprint density at radius 3 is 2.89 bits per heavy atom. The van der Waals surface area contributed by atoms with Gasteiger partial charge in [0.25, 0.3) is 10.1 Å². The molecule has 0 aromatic heterocycles. The van der Waals surface area contributed by atoms with E-state index in [0.29, 0.717) is 13.0 Å². The van der Waals surface area contributed by atoms with E-state index in [-0.39, 0.29) is 12.4 Å². The Morgan fingerprint density at radius 1 is 1.39 bits per heavy atom. The van der Waals surface area contributed by atoms with E-state index in [1.54, 1.807) is 0 Å². The molecule has 0 N–H and O–H groups in total. The second-order valence-corrected chi connectivity index (χ2v) is 5.97. The number of halogens is 1. The molecule has 0 aromatic carbocycles. The molecule has 5 nitrogen and oxygen atoms in total. The van der Waals surface area contributed by atoms with E-state index in [0.717, 1.165) is 17.8 Å². The van der Waals surface area contributed by atoms with E-state index in [1.807, 2.05) is 35.4 Å². The Labute approximate surface area is 112 Å². The van der Waals surface area contributed by atoms with Crippen molar-refractivity contribution in [3.63, 3.8) is 0 Å². The van der Waals surface area contributed by atoms with E-state index in [1.165, 1.54) is 0 Å². The second-order valence-electron chi connectivity index (χ2n) is 4.40. The van der Waals surface area contributed by atoms with Crippen LogP contribution in [0, 0.1) is 0 Å². The number of aliphatic imine (C=N–C) groups is 1. The summed E-state index contributed by atoms with van der Waals surface area (Å²) in [5, 5.41) is 0. The molecule has 1 saturated carbocycles. The first kappa shape index (κ1) is 13.3. The lowest BCUT2D eigenvalue weighted by Crippen LogP contribution is -2.37. The predicted molar refractivity (Wildman–Crippen MR) is 71.0 cm³/mol. The predicted octanol–water partition coefficient (Wildman–Crippen LogP) is 1.21. The fourth-order valence-corrected chi connectivity index (χ4v) is 2.88. The van der Waals surface area contributed by atoms with E-state index < -0.39 is 15.7 Å². The Hall–Kier alpha value is -1.11. The first-order valence-corrected chi connectivity index (χ1v) is 7.11. The molecular formula is C11H13ClN2O3S. The zero-order valence-electron chi connectivity index (χ0n) is 9.74. The molecule has 1 atom stereocenters. The molecule has 18 heavy (non-hydrogen) atoms. The highest BCUT2D eigenvalue weighted by Crippen LogP contribution is 2.43. The molecule has 3 aliphatic rings. The van der Waals surface area contributed by atoms with Gasteiger partial charge in [0.15, 0.2) is 0 Å². The van der Waals surface area contributed by atoms with Crippen molar-refractivity contribution in [3.05, 3.63) is 36.3 Å². The van der Waals surface area contributed by atoms with Crippen molar-refractivity contribution in [2.45, 2.75) is 12.0 Å². The number of fused-ring (bicyclic) bond motifs is 2. The van der Waals surface area contributed by atoms with Crippen molar-refractivity contribution in [1.82, 2.24) is 4.90 Å². The smallest absolute Gasteiger partial charge is 0.265 e. The van der Waals surface area contributed by atoms with Crippen LogP contribution >= 0.6 is 12.4 Å². The van der Waals surface area contributed by atoms with Crippen molar-refractivity contribution in [1.29, 1.82) is 0 Å². The van der Waals surface area contributed by atoms with Gasteiger partial charge in [-0.25, -0.2) is 4.99 Å². The monoisotopic (exact) mass is 288 g/mol. The zero-order valence-corrected chi connectivity index (χ0v) is 11.4. The largest absolute Gasteiger partial charge is 0.330 e. The van der Waals surface area contributed by atoms with Gasteiger partial charge in [0.05, 0.1) is 18.5 Å². The van der Waals surface area contributed by atoms with Crippen LogP contribution in [-0.4, -0.2) is 37.4 Å². The van der Waals surface area contributed by atoms with E-state index in [2.05, 4.69) is 4.99 Å². The third kappa shape index (κ3) is 2.36. The molecule has 98 valence electrons. The third-order valence-corrected chi connectivity index (χ3v) is 3.49. The molecule has 2 aliphatic heterocycles. The minimum absolute atomic E-state index is 0. The highest BCUT2D eigenvalue weighted by atomic mass is 35.5. The zero-order chi connectivity index (χ0) is 12.1. The maximum atomic E-state index is 11.2. The van der Waals surface area contributed by atoms with E-state index in [9.17, 15) is 8.42 Å². The Morgan fingerprint density at radius 2 is 2.17 bits per heavy atom. The molecular weight excluding hydrogens is 276 g/mol. The van der Waals surface area contributed by atoms with Crippen LogP contribution in [-0.2, 0) is 14.3 Å². The average molecular weight is 289 g/mol. The summed E-state index contributed by atoms with van der Waals surface area (Å²) in [5.41, 5.74) is 0.0914. The number of allylic oxidation sites excluding steroid dienone is 4. The van der Waals surface area contributed by atoms with Crippen molar-refractivity contribution < 1.29 is 12.6 Å². The first-order chi connectivity index (χ1) is 7.99. The fraction of sp³-hybridized carbons (Fsp3) is 0.364. The van der Waals surface area contributed by atoms with Crippen molar-refractivity contribution >= 4 is 28.2 Å². The van der Waals surface area contributed by atoms with Gasteiger partial charge in [0, 0.05) is 12.6 Å². The first-order valence-electron chi connectivity index (χ1n) is 5.29. The lowest BCUT2D eigenvalue weighted by molar-refractivity contribution is 0.173. The fourth-order valence-electron chi connectivity index (χ4n) is 2.09. The summed E-state index contributed by atoms with van der Waals surface area (Å²) in [6.07, 6.45) is 11.1. The number of hydrogen-bond acceptors (Lipinski definition) is 5. The molecule has 0 spiro atoms. The second kappa shape index (κ2) is 4.22. The number of rotatable bonds is 2. The third-order valence-electron chi connectivity index (χ3n) is 2.87. The van der Waals surface area contributed by atoms with Crippen LogP contribution in [0.4, 0.5) is 0 Å². The Balaban J connectivity index is 0.00000120. The molecule has 7 heteroatoms. The number of hydrogen-bond donors (Lipinski definition) is 0. The SMILES string of the molecule is CS(=O)(=O)OC12CC1=NC1=CC=CC=CN1C2.Cl.